The van der Waals surface area contributed by atoms with E-state index in [0.29, 0.717) is 11.3 Å². The Bertz CT molecular complexity index is 1890. The molecule has 288 valence electrons. The van der Waals surface area contributed by atoms with Crippen molar-refractivity contribution < 1.29 is 4.74 Å². The van der Waals surface area contributed by atoms with E-state index in [4.69, 9.17) is 4.74 Å². The Hall–Kier alpha value is -4.30. The normalized spacial score (nSPS) is 13.7. The first-order chi connectivity index (χ1) is 26.9. The van der Waals surface area contributed by atoms with E-state index in [1.54, 1.807) is 11.1 Å². The standard InChI is InChI=1S/C53H65NO/c1-53(2,3)40-48(46-33-30-42(31-34-46)18-9-10-19-44-32-35-45-36-37-47(45)39-44)21-16-20-43-28-26-41(27-29-43)17-8-6-4-5-7-15-38-54-49-22-11-13-24-51(49)55-52-25-14-12-23-50(52)54/h11-14,22-35,39,48H,4-10,15-21,36-38,40H2,1-3H3. The van der Waals surface area contributed by atoms with E-state index in [2.05, 4.69) is 141 Å². The van der Waals surface area contributed by atoms with Gasteiger partial charge < -0.3 is 9.64 Å². The van der Waals surface area contributed by atoms with Crippen LogP contribution in [0.5, 0.6) is 11.5 Å². The number of unbranched alkanes of at least 4 members (excludes halogenated alkanes) is 6. The van der Waals surface area contributed by atoms with Crippen LogP contribution in [0.3, 0.4) is 0 Å². The van der Waals surface area contributed by atoms with Crippen LogP contribution in [-0.4, -0.2) is 6.54 Å². The molecule has 1 unspecified atom stereocenters. The fourth-order valence-electron chi connectivity index (χ4n) is 8.90. The SMILES string of the molecule is CC(C)(C)CC(CCCc1ccc(CCCCCCCCN2c3ccccc3Oc3ccccc32)cc1)c1ccc(CCCCc2ccc3c(c2)CC3)cc1. The van der Waals surface area contributed by atoms with Crippen LogP contribution in [0.25, 0.3) is 0 Å². The molecule has 1 aliphatic carbocycles. The van der Waals surface area contributed by atoms with Gasteiger partial charge in [0.1, 0.15) is 0 Å². The second-order valence-corrected chi connectivity index (χ2v) is 17.8. The van der Waals surface area contributed by atoms with Gasteiger partial charge in [-0.2, -0.15) is 0 Å². The molecule has 1 heterocycles. The third-order valence-corrected chi connectivity index (χ3v) is 12.1. The highest BCUT2D eigenvalue weighted by Gasteiger charge is 2.23. The lowest BCUT2D eigenvalue weighted by Gasteiger charge is -2.32. The molecule has 0 N–H and O–H groups in total. The molecule has 0 aromatic heterocycles. The van der Waals surface area contributed by atoms with E-state index in [9.17, 15) is 0 Å². The first-order valence-electron chi connectivity index (χ1n) is 21.8. The third kappa shape index (κ3) is 11.2. The summed E-state index contributed by atoms with van der Waals surface area (Å²) in [5.74, 6) is 2.54. The monoisotopic (exact) mass is 732 g/mol. The molecule has 0 saturated heterocycles. The molecule has 2 nitrogen and oxygen atoms in total. The molecule has 1 aliphatic heterocycles. The van der Waals surface area contributed by atoms with Crippen molar-refractivity contribution in [1.29, 1.82) is 0 Å². The van der Waals surface area contributed by atoms with Gasteiger partial charge in [0.05, 0.1) is 11.4 Å². The zero-order valence-electron chi connectivity index (χ0n) is 34.1. The molecule has 5 aromatic carbocycles. The summed E-state index contributed by atoms with van der Waals surface area (Å²) in [6, 6.07) is 43.3. The summed E-state index contributed by atoms with van der Waals surface area (Å²) in [6.45, 7) is 8.23. The van der Waals surface area contributed by atoms with E-state index in [1.165, 1.54) is 148 Å². The molecule has 0 amide bonds. The molecular weight excluding hydrogens is 667 g/mol. The van der Waals surface area contributed by atoms with Gasteiger partial charge in [0.25, 0.3) is 0 Å². The lowest BCUT2D eigenvalue weighted by Crippen LogP contribution is -2.22. The van der Waals surface area contributed by atoms with Crippen LogP contribution >= 0.6 is 0 Å². The van der Waals surface area contributed by atoms with Gasteiger partial charge >= 0.3 is 0 Å². The van der Waals surface area contributed by atoms with Crippen molar-refractivity contribution in [3.8, 4) is 11.5 Å². The molecule has 1 atom stereocenters. The summed E-state index contributed by atoms with van der Waals surface area (Å²) in [7, 11) is 0. The Kier molecular flexibility index (Phi) is 13.5. The topological polar surface area (TPSA) is 12.5 Å². The van der Waals surface area contributed by atoms with Gasteiger partial charge in [-0.05, 0) is 158 Å². The fourth-order valence-corrected chi connectivity index (χ4v) is 8.90. The maximum absolute atomic E-state index is 6.16. The maximum atomic E-state index is 6.16. The van der Waals surface area contributed by atoms with Gasteiger partial charge in [0.15, 0.2) is 11.5 Å². The van der Waals surface area contributed by atoms with E-state index in [1.807, 2.05) is 0 Å². The number of hydrogen-bond donors (Lipinski definition) is 0. The Balaban J connectivity index is 0.779. The third-order valence-electron chi connectivity index (χ3n) is 12.1. The molecule has 0 spiro atoms. The molecule has 0 bridgehead atoms. The van der Waals surface area contributed by atoms with Crippen molar-refractivity contribution in [2.75, 3.05) is 11.4 Å². The van der Waals surface area contributed by atoms with Crippen molar-refractivity contribution in [1.82, 2.24) is 0 Å². The Labute approximate surface area is 333 Å². The molecule has 0 radical (unpaired) electrons. The summed E-state index contributed by atoms with van der Waals surface area (Å²) in [5.41, 5.74) is 13.4. The van der Waals surface area contributed by atoms with Crippen LogP contribution in [-0.2, 0) is 38.5 Å². The number of benzene rings is 5. The first-order valence-corrected chi connectivity index (χ1v) is 21.8. The number of ether oxygens (including phenoxy) is 1. The molecule has 7 rings (SSSR count). The van der Waals surface area contributed by atoms with Crippen LogP contribution in [0.1, 0.15) is 136 Å². The van der Waals surface area contributed by atoms with Gasteiger partial charge in [-0.25, -0.2) is 0 Å². The van der Waals surface area contributed by atoms with Crippen molar-refractivity contribution in [3.05, 3.63) is 154 Å². The number of fused-ring (bicyclic) bond motifs is 3. The van der Waals surface area contributed by atoms with Gasteiger partial charge in [0, 0.05) is 6.54 Å². The van der Waals surface area contributed by atoms with Gasteiger partial charge in [-0.3, -0.25) is 0 Å². The molecule has 2 aliphatic rings. The molecule has 0 fully saturated rings. The van der Waals surface area contributed by atoms with Crippen LogP contribution < -0.4 is 9.64 Å². The second kappa shape index (κ2) is 19.0. The Morgan fingerprint density at radius 2 is 1.00 bits per heavy atom. The van der Waals surface area contributed by atoms with E-state index >= 15 is 0 Å². The Morgan fingerprint density at radius 3 is 1.58 bits per heavy atom. The highest BCUT2D eigenvalue weighted by Crippen LogP contribution is 2.46. The number of para-hydroxylation sites is 4. The quantitative estimate of drug-likeness (QED) is 0.0739. The van der Waals surface area contributed by atoms with Gasteiger partial charge in [-0.15, -0.1) is 0 Å². The molecule has 55 heavy (non-hydrogen) atoms. The largest absolute Gasteiger partial charge is 0.453 e. The number of nitrogens with zero attached hydrogens (tertiary/aromatic N) is 1. The first kappa shape index (κ1) is 39.0. The van der Waals surface area contributed by atoms with Crippen LogP contribution in [0.4, 0.5) is 11.4 Å². The zero-order chi connectivity index (χ0) is 37.9. The number of anilines is 2. The van der Waals surface area contributed by atoms with Crippen LogP contribution in [0.15, 0.2) is 115 Å². The summed E-state index contributed by atoms with van der Waals surface area (Å²) in [5, 5.41) is 0. The second-order valence-electron chi connectivity index (χ2n) is 17.8. The molecule has 0 saturated carbocycles. The Morgan fingerprint density at radius 1 is 0.509 bits per heavy atom. The van der Waals surface area contributed by atoms with Gasteiger partial charge in [0.2, 0.25) is 0 Å². The minimum atomic E-state index is 0.326. The van der Waals surface area contributed by atoms with E-state index < -0.39 is 0 Å². The lowest BCUT2D eigenvalue weighted by molar-refractivity contribution is 0.328. The van der Waals surface area contributed by atoms with E-state index in [-0.39, 0.29) is 0 Å². The van der Waals surface area contributed by atoms with Crippen molar-refractivity contribution in [2.45, 2.75) is 136 Å². The minimum absolute atomic E-state index is 0.326. The predicted octanol–water partition coefficient (Wildman–Crippen LogP) is 14.7. The highest BCUT2D eigenvalue weighted by atomic mass is 16.5. The average molecular weight is 732 g/mol. The smallest absolute Gasteiger partial charge is 0.151 e. The van der Waals surface area contributed by atoms with Crippen molar-refractivity contribution in [3.63, 3.8) is 0 Å². The van der Waals surface area contributed by atoms with Crippen molar-refractivity contribution >= 4 is 11.4 Å². The summed E-state index contributed by atoms with van der Waals surface area (Å²) < 4.78 is 6.16. The number of aryl methyl sites for hydroxylation is 6. The molecular formula is C53H65NO. The lowest BCUT2D eigenvalue weighted by atomic mass is 9.79. The fraction of sp³-hybridized carbons (Fsp3) is 0.434. The summed E-state index contributed by atoms with van der Waals surface area (Å²) in [6.07, 6.45) is 21.3. The summed E-state index contributed by atoms with van der Waals surface area (Å²) in [4.78, 5) is 2.44. The predicted molar refractivity (Wildman–Crippen MR) is 234 cm³/mol. The van der Waals surface area contributed by atoms with E-state index in [0.717, 1.165) is 18.0 Å². The molecule has 5 aromatic rings. The minimum Gasteiger partial charge on any atom is -0.453 e. The van der Waals surface area contributed by atoms with Crippen molar-refractivity contribution in [2.24, 2.45) is 5.41 Å². The van der Waals surface area contributed by atoms with Crippen LogP contribution in [0, 0.1) is 5.41 Å². The number of rotatable bonds is 20. The number of hydrogen-bond acceptors (Lipinski definition) is 2. The molecule has 2 heteroatoms. The average Bonchev–Trinajstić information content (AvgIpc) is 3.18. The van der Waals surface area contributed by atoms with Crippen LogP contribution in [0.2, 0.25) is 0 Å². The maximum Gasteiger partial charge on any atom is 0.151 e. The highest BCUT2D eigenvalue weighted by molar-refractivity contribution is 5.77. The van der Waals surface area contributed by atoms with Gasteiger partial charge in [-0.1, -0.05) is 137 Å². The zero-order valence-corrected chi connectivity index (χ0v) is 34.1. The summed E-state index contributed by atoms with van der Waals surface area (Å²) >= 11 is 0.